The van der Waals surface area contributed by atoms with Gasteiger partial charge in [0.15, 0.2) is 0 Å². The van der Waals surface area contributed by atoms with E-state index in [4.69, 9.17) is 0 Å². The minimum Gasteiger partial charge on any atom is -0.307 e. The second kappa shape index (κ2) is 5.48. The lowest BCUT2D eigenvalue weighted by molar-refractivity contribution is 0.268. The highest BCUT2D eigenvalue weighted by molar-refractivity contribution is 5.08. The first-order chi connectivity index (χ1) is 7.77. The third-order valence-electron chi connectivity index (χ3n) is 3.89. The van der Waals surface area contributed by atoms with Crippen LogP contribution >= 0.6 is 0 Å². The fraction of sp³-hybridized carbons (Fsp3) is 0.769. The number of hydrogen-bond donors (Lipinski definition) is 2. The first kappa shape index (κ1) is 11.6. The summed E-state index contributed by atoms with van der Waals surface area (Å²) in [6.45, 7) is 4.54. The van der Waals surface area contributed by atoms with Crippen LogP contribution in [0.15, 0.2) is 12.4 Å². The molecule has 1 aromatic heterocycles. The van der Waals surface area contributed by atoms with Crippen molar-refractivity contribution in [1.29, 1.82) is 0 Å². The van der Waals surface area contributed by atoms with Gasteiger partial charge in [-0.15, -0.1) is 0 Å². The average molecular weight is 221 g/mol. The van der Waals surface area contributed by atoms with Crippen molar-refractivity contribution < 1.29 is 0 Å². The second-order valence-corrected chi connectivity index (χ2v) is 5.11. The van der Waals surface area contributed by atoms with Gasteiger partial charge in [0.25, 0.3) is 0 Å². The van der Waals surface area contributed by atoms with E-state index in [0.29, 0.717) is 12.1 Å². The van der Waals surface area contributed by atoms with Crippen LogP contribution in [0.4, 0.5) is 0 Å². The Morgan fingerprint density at radius 1 is 1.31 bits per heavy atom. The summed E-state index contributed by atoms with van der Waals surface area (Å²) in [5.41, 5.74) is 1.25. The van der Waals surface area contributed by atoms with Gasteiger partial charge in [-0.05, 0) is 32.6 Å². The van der Waals surface area contributed by atoms with Gasteiger partial charge >= 0.3 is 0 Å². The molecule has 90 valence electrons. The molecule has 0 saturated heterocycles. The van der Waals surface area contributed by atoms with Crippen molar-refractivity contribution in [1.82, 2.24) is 15.5 Å². The Bertz CT molecular complexity index is 288. The number of H-pyrrole nitrogens is 1. The first-order valence-corrected chi connectivity index (χ1v) is 6.52. The molecule has 1 aliphatic rings. The van der Waals surface area contributed by atoms with Crippen LogP contribution in [-0.2, 0) is 0 Å². The Kier molecular flexibility index (Phi) is 3.99. The smallest absolute Gasteiger partial charge is 0.0534 e. The standard InChI is InChI=1S/C13H23N3/c1-10(12-6-4-3-5-7-12)16-11(2)13-8-14-15-9-13/h8-12,16H,3-7H2,1-2H3,(H,14,15). The molecule has 3 heteroatoms. The van der Waals surface area contributed by atoms with Crippen molar-refractivity contribution in [2.24, 2.45) is 5.92 Å². The molecule has 2 unspecified atom stereocenters. The summed E-state index contributed by atoms with van der Waals surface area (Å²) in [5.74, 6) is 0.864. The zero-order valence-electron chi connectivity index (χ0n) is 10.4. The van der Waals surface area contributed by atoms with Gasteiger partial charge < -0.3 is 5.32 Å². The van der Waals surface area contributed by atoms with Crippen molar-refractivity contribution in [3.05, 3.63) is 18.0 Å². The molecule has 16 heavy (non-hydrogen) atoms. The van der Waals surface area contributed by atoms with Crippen LogP contribution in [0.5, 0.6) is 0 Å². The predicted molar refractivity (Wildman–Crippen MR) is 66.2 cm³/mol. The number of aromatic nitrogens is 2. The van der Waals surface area contributed by atoms with Crippen molar-refractivity contribution in [3.8, 4) is 0 Å². The predicted octanol–water partition coefficient (Wildman–Crippen LogP) is 3.03. The lowest BCUT2D eigenvalue weighted by atomic mass is 9.84. The van der Waals surface area contributed by atoms with Gasteiger partial charge in [-0.1, -0.05) is 19.3 Å². The van der Waals surface area contributed by atoms with E-state index in [0.717, 1.165) is 5.92 Å². The van der Waals surface area contributed by atoms with Crippen LogP contribution in [0.25, 0.3) is 0 Å². The summed E-state index contributed by atoms with van der Waals surface area (Å²) < 4.78 is 0. The second-order valence-electron chi connectivity index (χ2n) is 5.11. The summed E-state index contributed by atoms with van der Waals surface area (Å²) in [4.78, 5) is 0. The summed E-state index contributed by atoms with van der Waals surface area (Å²) >= 11 is 0. The Hall–Kier alpha value is -0.830. The number of nitrogens with one attached hydrogen (secondary N) is 2. The molecule has 0 amide bonds. The van der Waals surface area contributed by atoms with Crippen LogP contribution in [0, 0.1) is 5.92 Å². The van der Waals surface area contributed by atoms with E-state index in [2.05, 4.69) is 29.4 Å². The van der Waals surface area contributed by atoms with E-state index >= 15 is 0 Å². The topological polar surface area (TPSA) is 40.7 Å². The zero-order valence-corrected chi connectivity index (χ0v) is 10.4. The molecule has 2 N–H and O–H groups in total. The van der Waals surface area contributed by atoms with Gasteiger partial charge in [0.05, 0.1) is 6.20 Å². The molecule has 0 bridgehead atoms. The monoisotopic (exact) mass is 221 g/mol. The molecule has 1 aliphatic carbocycles. The van der Waals surface area contributed by atoms with Crippen molar-refractivity contribution in [2.45, 2.75) is 58.0 Å². The molecule has 3 nitrogen and oxygen atoms in total. The third-order valence-corrected chi connectivity index (χ3v) is 3.89. The quantitative estimate of drug-likeness (QED) is 0.820. The summed E-state index contributed by atoms with van der Waals surface area (Å²) in [6, 6.07) is 1.01. The van der Waals surface area contributed by atoms with E-state index in [1.54, 1.807) is 0 Å². The highest BCUT2D eigenvalue weighted by Crippen LogP contribution is 2.27. The van der Waals surface area contributed by atoms with E-state index in [-0.39, 0.29) is 0 Å². The lowest BCUT2D eigenvalue weighted by Gasteiger charge is -2.30. The highest BCUT2D eigenvalue weighted by Gasteiger charge is 2.21. The maximum Gasteiger partial charge on any atom is 0.0534 e. The fourth-order valence-corrected chi connectivity index (χ4v) is 2.76. The van der Waals surface area contributed by atoms with E-state index < -0.39 is 0 Å². The molecule has 0 aromatic carbocycles. The van der Waals surface area contributed by atoms with Gasteiger partial charge in [-0.2, -0.15) is 5.10 Å². The average Bonchev–Trinajstić information content (AvgIpc) is 2.83. The summed E-state index contributed by atoms with van der Waals surface area (Å²) in [7, 11) is 0. The Morgan fingerprint density at radius 3 is 2.69 bits per heavy atom. The Balaban J connectivity index is 1.84. The maximum absolute atomic E-state index is 4.00. The highest BCUT2D eigenvalue weighted by atomic mass is 15.1. The van der Waals surface area contributed by atoms with Crippen LogP contribution in [0.1, 0.15) is 57.6 Å². The maximum atomic E-state index is 4.00. The molecule has 2 rings (SSSR count). The minimum atomic E-state index is 0.399. The largest absolute Gasteiger partial charge is 0.307 e. The van der Waals surface area contributed by atoms with Gasteiger partial charge in [0, 0.05) is 23.8 Å². The summed E-state index contributed by atoms with van der Waals surface area (Å²) in [5, 5.41) is 10.6. The molecule has 2 atom stereocenters. The molecule has 0 spiro atoms. The SMILES string of the molecule is CC(NC(C)C1CCCCC1)c1cn[nH]c1. The van der Waals surface area contributed by atoms with E-state index in [9.17, 15) is 0 Å². The summed E-state index contributed by atoms with van der Waals surface area (Å²) in [6.07, 6.45) is 10.9. The molecule has 1 saturated carbocycles. The molecule has 1 aromatic rings. The van der Waals surface area contributed by atoms with Gasteiger partial charge in [0.1, 0.15) is 0 Å². The Morgan fingerprint density at radius 2 is 2.06 bits per heavy atom. The van der Waals surface area contributed by atoms with Crippen LogP contribution in [0.3, 0.4) is 0 Å². The molecular weight excluding hydrogens is 198 g/mol. The molecule has 1 fully saturated rings. The lowest BCUT2D eigenvalue weighted by Crippen LogP contribution is -2.36. The molecule has 0 aliphatic heterocycles. The number of nitrogens with zero attached hydrogens (tertiary/aromatic N) is 1. The zero-order chi connectivity index (χ0) is 11.4. The number of rotatable bonds is 4. The number of aromatic amines is 1. The van der Waals surface area contributed by atoms with E-state index in [1.165, 1.54) is 37.7 Å². The molecule has 0 radical (unpaired) electrons. The fourth-order valence-electron chi connectivity index (χ4n) is 2.76. The van der Waals surface area contributed by atoms with Crippen LogP contribution < -0.4 is 5.32 Å². The van der Waals surface area contributed by atoms with Crippen LogP contribution in [0.2, 0.25) is 0 Å². The van der Waals surface area contributed by atoms with Crippen molar-refractivity contribution >= 4 is 0 Å². The minimum absolute atomic E-state index is 0.399. The van der Waals surface area contributed by atoms with Gasteiger partial charge in [-0.3, -0.25) is 5.10 Å². The van der Waals surface area contributed by atoms with Crippen molar-refractivity contribution in [2.75, 3.05) is 0 Å². The van der Waals surface area contributed by atoms with Gasteiger partial charge in [-0.25, -0.2) is 0 Å². The molecular formula is C13H23N3. The Labute approximate surface area is 98.0 Å². The normalized spacial score (nSPS) is 21.9. The number of hydrogen-bond acceptors (Lipinski definition) is 2. The van der Waals surface area contributed by atoms with Gasteiger partial charge in [0.2, 0.25) is 0 Å². The third kappa shape index (κ3) is 2.85. The molecule has 1 heterocycles. The van der Waals surface area contributed by atoms with Crippen molar-refractivity contribution in [3.63, 3.8) is 0 Å². The first-order valence-electron chi connectivity index (χ1n) is 6.52. The van der Waals surface area contributed by atoms with Crippen LogP contribution in [-0.4, -0.2) is 16.2 Å². The van der Waals surface area contributed by atoms with E-state index in [1.807, 2.05) is 12.4 Å².